The summed E-state index contributed by atoms with van der Waals surface area (Å²) in [7, 11) is 0. The number of nitrogens with zero attached hydrogens (tertiary/aromatic N) is 2. The third-order valence-corrected chi connectivity index (χ3v) is 4.72. The molecule has 0 aromatic carbocycles. The van der Waals surface area contributed by atoms with E-state index >= 15 is 0 Å². The maximum atomic E-state index is 12.7. The van der Waals surface area contributed by atoms with Crippen molar-refractivity contribution in [1.82, 2.24) is 9.78 Å². The molecule has 2 rings (SSSR count). The van der Waals surface area contributed by atoms with Gasteiger partial charge in [0, 0.05) is 6.20 Å². The zero-order chi connectivity index (χ0) is 15.8. The molecule has 2 N–H and O–H groups in total. The van der Waals surface area contributed by atoms with Gasteiger partial charge in [0.05, 0.1) is 6.04 Å². The SMILES string of the molecule is CC(C)(C)C1CCC(CN)C(n2ccc(C(F)(F)F)n2)C1. The Morgan fingerprint density at radius 1 is 1.29 bits per heavy atom. The lowest BCUT2D eigenvalue weighted by Gasteiger charge is -2.41. The number of rotatable bonds is 2. The molecule has 21 heavy (non-hydrogen) atoms. The molecule has 1 aliphatic carbocycles. The first kappa shape index (κ1) is 16.3. The van der Waals surface area contributed by atoms with E-state index in [0.717, 1.165) is 25.3 Å². The Hall–Kier alpha value is -1.04. The third kappa shape index (κ3) is 3.59. The first-order valence-electron chi connectivity index (χ1n) is 7.45. The van der Waals surface area contributed by atoms with Gasteiger partial charge in [0.2, 0.25) is 0 Å². The minimum Gasteiger partial charge on any atom is -0.330 e. The average molecular weight is 303 g/mol. The van der Waals surface area contributed by atoms with Gasteiger partial charge in [-0.05, 0) is 49.1 Å². The van der Waals surface area contributed by atoms with E-state index in [4.69, 9.17) is 5.73 Å². The molecule has 6 heteroatoms. The Balaban J connectivity index is 2.23. The van der Waals surface area contributed by atoms with E-state index in [9.17, 15) is 13.2 Å². The van der Waals surface area contributed by atoms with Gasteiger partial charge >= 0.3 is 6.18 Å². The lowest BCUT2D eigenvalue weighted by Crippen LogP contribution is -2.36. The molecule has 1 heterocycles. The molecule has 0 amide bonds. The van der Waals surface area contributed by atoms with Gasteiger partial charge in [-0.15, -0.1) is 0 Å². The van der Waals surface area contributed by atoms with Crippen molar-refractivity contribution >= 4 is 0 Å². The van der Waals surface area contributed by atoms with Crippen LogP contribution in [0, 0.1) is 17.3 Å². The van der Waals surface area contributed by atoms with Crippen molar-refractivity contribution in [3.05, 3.63) is 18.0 Å². The topological polar surface area (TPSA) is 43.8 Å². The summed E-state index contributed by atoms with van der Waals surface area (Å²) in [4.78, 5) is 0. The van der Waals surface area contributed by atoms with Crippen LogP contribution in [-0.2, 0) is 6.18 Å². The first-order chi connectivity index (χ1) is 9.63. The van der Waals surface area contributed by atoms with Crippen molar-refractivity contribution in [3.8, 4) is 0 Å². The van der Waals surface area contributed by atoms with Crippen molar-refractivity contribution in [2.24, 2.45) is 23.0 Å². The molecule has 1 fully saturated rings. The lowest BCUT2D eigenvalue weighted by atomic mass is 9.68. The summed E-state index contributed by atoms with van der Waals surface area (Å²) < 4.78 is 39.6. The molecule has 120 valence electrons. The van der Waals surface area contributed by atoms with Crippen molar-refractivity contribution in [2.75, 3.05) is 6.54 Å². The molecule has 1 aromatic heterocycles. The molecule has 0 saturated heterocycles. The van der Waals surface area contributed by atoms with Gasteiger partial charge in [0.25, 0.3) is 0 Å². The molecule has 1 aromatic rings. The van der Waals surface area contributed by atoms with Crippen LogP contribution in [0.4, 0.5) is 13.2 Å². The summed E-state index contributed by atoms with van der Waals surface area (Å²) in [5.74, 6) is 0.674. The summed E-state index contributed by atoms with van der Waals surface area (Å²) in [5, 5.41) is 3.76. The predicted octanol–water partition coefficient (Wildman–Crippen LogP) is 3.86. The molecule has 1 aliphatic rings. The lowest BCUT2D eigenvalue weighted by molar-refractivity contribution is -0.141. The largest absolute Gasteiger partial charge is 0.435 e. The first-order valence-corrected chi connectivity index (χ1v) is 7.45. The highest BCUT2D eigenvalue weighted by Gasteiger charge is 2.38. The van der Waals surface area contributed by atoms with Crippen LogP contribution >= 0.6 is 0 Å². The smallest absolute Gasteiger partial charge is 0.330 e. The Kier molecular flexibility index (Phi) is 4.38. The van der Waals surface area contributed by atoms with Crippen LogP contribution in [0.1, 0.15) is 51.8 Å². The Bertz CT molecular complexity index is 473. The molecule has 0 aliphatic heterocycles. The summed E-state index contributed by atoms with van der Waals surface area (Å²) in [5.41, 5.74) is 5.14. The highest BCUT2D eigenvalue weighted by Crippen LogP contribution is 2.44. The van der Waals surface area contributed by atoms with Gasteiger partial charge in [-0.1, -0.05) is 20.8 Å². The molecular formula is C15H24F3N3. The Morgan fingerprint density at radius 3 is 2.43 bits per heavy atom. The second kappa shape index (κ2) is 5.63. The Labute approximate surface area is 123 Å². The molecular weight excluding hydrogens is 279 g/mol. The van der Waals surface area contributed by atoms with E-state index in [1.807, 2.05) is 0 Å². The number of halogens is 3. The van der Waals surface area contributed by atoms with Crippen LogP contribution in [0.3, 0.4) is 0 Å². The highest BCUT2D eigenvalue weighted by atomic mass is 19.4. The molecule has 0 radical (unpaired) electrons. The van der Waals surface area contributed by atoms with Gasteiger partial charge in [-0.2, -0.15) is 18.3 Å². The normalized spacial score (nSPS) is 27.9. The number of hydrogen-bond acceptors (Lipinski definition) is 2. The summed E-state index contributed by atoms with van der Waals surface area (Å²) >= 11 is 0. The molecule has 3 atom stereocenters. The van der Waals surface area contributed by atoms with E-state index < -0.39 is 11.9 Å². The van der Waals surface area contributed by atoms with E-state index in [-0.39, 0.29) is 17.4 Å². The number of alkyl halides is 3. The molecule has 0 spiro atoms. The quantitative estimate of drug-likeness (QED) is 0.901. The third-order valence-electron chi connectivity index (χ3n) is 4.72. The fourth-order valence-corrected chi connectivity index (χ4v) is 3.27. The van der Waals surface area contributed by atoms with Crippen LogP contribution in [-0.4, -0.2) is 16.3 Å². The maximum Gasteiger partial charge on any atom is 0.435 e. The fraction of sp³-hybridized carbons (Fsp3) is 0.800. The molecule has 0 bridgehead atoms. The highest BCUT2D eigenvalue weighted by molar-refractivity contribution is 5.05. The van der Waals surface area contributed by atoms with Crippen molar-refractivity contribution in [2.45, 2.75) is 52.3 Å². The zero-order valence-corrected chi connectivity index (χ0v) is 12.8. The minimum atomic E-state index is -4.39. The molecule has 1 saturated carbocycles. The van der Waals surface area contributed by atoms with Crippen LogP contribution in [0.5, 0.6) is 0 Å². The second-order valence-electron chi connectivity index (χ2n) is 7.12. The summed E-state index contributed by atoms with van der Waals surface area (Å²) in [6, 6.07) is 1.01. The van der Waals surface area contributed by atoms with Gasteiger partial charge in [-0.25, -0.2) is 0 Å². The Morgan fingerprint density at radius 2 is 1.95 bits per heavy atom. The number of hydrogen-bond donors (Lipinski definition) is 1. The number of nitrogens with two attached hydrogens (primary N) is 1. The van der Waals surface area contributed by atoms with Crippen LogP contribution in [0.2, 0.25) is 0 Å². The summed E-state index contributed by atoms with van der Waals surface area (Å²) in [6.07, 6.45) is -0.0767. The van der Waals surface area contributed by atoms with Crippen LogP contribution in [0.25, 0.3) is 0 Å². The number of aromatic nitrogens is 2. The maximum absolute atomic E-state index is 12.7. The van der Waals surface area contributed by atoms with Gasteiger partial charge < -0.3 is 5.73 Å². The van der Waals surface area contributed by atoms with E-state index in [1.165, 1.54) is 10.9 Å². The van der Waals surface area contributed by atoms with Gasteiger partial charge in [-0.3, -0.25) is 4.68 Å². The van der Waals surface area contributed by atoms with E-state index in [1.54, 1.807) is 0 Å². The van der Waals surface area contributed by atoms with Crippen molar-refractivity contribution in [3.63, 3.8) is 0 Å². The fourth-order valence-electron chi connectivity index (χ4n) is 3.27. The monoisotopic (exact) mass is 303 g/mol. The summed E-state index contributed by atoms with van der Waals surface area (Å²) in [6.45, 7) is 7.04. The van der Waals surface area contributed by atoms with Crippen molar-refractivity contribution < 1.29 is 13.2 Å². The van der Waals surface area contributed by atoms with Crippen LogP contribution < -0.4 is 5.73 Å². The van der Waals surface area contributed by atoms with Crippen LogP contribution in [0.15, 0.2) is 12.3 Å². The van der Waals surface area contributed by atoms with Crippen molar-refractivity contribution in [1.29, 1.82) is 0 Å². The van der Waals surface area contributed by atoms with E-state index in [0.29, 0.717) is 12.5 Å². The molecule has 3 nitrogen and oxygen atoms in total. The standard InChI is InChI=1S/C15H24F3N3/c1-14(2,3)11-5-4-10(9-19)12(8-11)21-7-6-13(20-21)15(16,17)18/h6-7,10-12H,4-5,8-9,19H2,1-3H3. The zero-order valence-electron chi connectivity index (χ0n) is 12.8. The predicted molar refractivity (Wildman–Crippen MR) is 75.6 cm³/mol. The second-order valence-corrected chi connectivity index (χ2v) is 7.12. The molecule has 3 unspecified atom stereocenters. The van der Waals surface area contributed by atoms with Gasteiger partial charge in [0.15, 0.2) is 5.69 Å². The average Bonchev–Trinajstić information content (AvgIpc) is 2.86. The van der Waals surface area contributed by atoms with Gasteiger partial charge in [0.1, 0.15) is 0 Å². The van der Waals surface area contributed by atoms with E-state index in [2.05, 4.69) is 25.9 Å². The minimum absolute atomic E-state index is 0.0379.